The molecule has 1 saturated heterocycles. The number of hydrogen-bond donors (Lipinski definition) is 1. The van der Waals surface area contributed by atoms with Crippen LogP contribution in [0.5, 0.6) is 5.75 Å². The minimum Gasteiger partial charge on any atom is -0.489 e. The van der Waals surface area contributed by atoms with Crippen LogP contribution in [-0.4, -0.2) is 42.7 Å². The van der Waals surface area contributed by atoms with Gasteiger partial charge in [-0.1, -0.05) is 0 Å². The normalized spacial score (nSPS) is 36.1. The van der Waals surface area contributed by atoms with Crippen molar-refractivity contribution in [2.45, 2.75) is 68.3 Å². The van der Waals surface area contributed by atoms with Gasteiger partial charge in [0.25, 0.3) is 5.91 Å². The van der Waals surface area contributed by atoms with Crippen LogP contribution in [0.25, 0.3) is 0 Å². The van der Waals surface area contributed by atoms with E-state index in [2.05, 4.69) is 0 Å². The zero-order valence-electron chi connectivity index (χ0n) is 17.9. The highest BCUT2D eigenvalue weighted by Gasteiger charge is 2.56. The molecular formula is C23H28ClFN2O4S. The number of amides is 1. The molecule has 0 radical (unpaired) electrons. The first-order chi connectivity index (χ1) is 15.2. The van der Waals surface area contributed by atoms with Gasteiger partial charge >= 0.3 is 10.2 Å². The number of carbonyl (C=O) groups excluding carboxylic acids is 1. The molecule has 1 aromatic rings. The Hall–Kier alpha value is -1.38. The molecule has 2 atom stereocenters. The van der Waals surface area contributed by atoms with Gasteiger partial charge in [-0.15, -0.1) is 11.6 Å². The highest BCUT2D eigenvalue weighted by atomic mass is 35.5. The molecule has 174 valence electrons. The summed E-state index contributed by atoms with van der Waals surface area (Å²) in [5, 5.41) is 0. The number of alkyl halides is 1. The zero-order chi connectivity index (χ0) is 22.3. The Labute approximate surface area is 193 Å². The largest absolute Gasteiger partial charge is 0.489 e. The molecule has 1 N–H and O–H groups in total. The van der Waals surface area contributed by atoms with E-state index in [1.807, 2.05) is 4.72 Å². The van der Waals surface area contributed by atoms with Crippen molar-refractivity contribution >= 4 is 27.7 Å². The molecule has 9 heteroatoms. The molecule has 5 aliphatic carbocycles. The molecule has 7 rings (SSSR count). The van der Waals surface area contributed by atoms with Crippen LogP contribution < -0.4 is 9.46 Å². The van der Waals surface area contributed by atoms with Gasteiger partial charge in [0, 0.05) is 24.0 Å². The third-order valence-electron chi connectivity index (χ3n) is 8.11. The van der Waals surface area contributed by atoms with Crippen LogP contribution in [0.4, 0.5) is 4.39 Å². The molecule has 6 nitrogen and oxygen atoms in total. The molecule has 1 aromatic carbocycles. The van der Waals surface area contributed by atoms with Gasteiger partial charge in [-0.2, -0.15) is 12.7 Å². The smallest absolute Gasteiger partial charge is 0.304 e. The minimum atomic E-state index is -3.93. The summed E-state index contributed by atoms with van der Waals surface area (Å²) >= 11 is 6.85. The first kappa shape index (κ1) is 21.2. The van der Waals surface area contributed by atoms with Crippen molar-refractivity contribution in [3.05, 3.63) is 29.1 Å². The lowest BCUT2D eigenvalue weighted by Gasteiger charge is -2.57. The van der Waals surface area contributed by atoms with Gasteiger partial charge < -0.3 is 4.74 Å². The van der Waals surface area contributed by atoms with Crippen LogP contribution >= 0.6 is 11.6 Å². The molecule has 0 aromatic heterocycles. The fourth-order valence-electron chi connectivity index (χ4n) is 6.54. The Morgan fingerprint density at radius 2 is 1.84 bits per heavy atom. The minimum absolute atomic E-state index is 0.0294. The Bertz CT molecular complexity index is 1060. The molecule has 5 saturated carbocycles. The van der Waals surface area contributed by atoms with Crippen molar-refractivity contribution in [3.8, 4) is 5.75 Å². The lowest BCUT2D eigenvalue weighted by molar-refractivity contribution is -0.0700. The summed E-state index contributed by atoms with van der Waals surface area (Å²) in [6.45, 7) is 0.749. The third kappa shape index (κ3) is 3.62. The standard InChI is InChI=1S/C23H28ClFN2O4S/c24-23-10-13-6-15(11-23)21(16(7-13)12-23)31-20-9-19(25)18(8-17(20)14-2-3-14)22(28)26-32(29,30)27-4-1-5-27/h8-9,13-16,21H,1-7,10-12H2,(H,26,28). The molecule has 0 spiro atoms. The van der Waals surface area contributed by atoms with Crippen molar-refractivity contribution in [3.63, 3.8) is 0 Å². The summed E-state index contributed by atoms with van der Waals surface area (Å²) in [4.78, 5) is 12.6. The number of hydrogen-bond acceptors (Lipinski definition) is 4. The van der Waals surface area contributed by atoms with Crippen molar-refractivity contribution in [1.29, 1.82) is 0 Å². The number of benzene rings is 1. The van der Waals surface area contributed by atoms with Gasteiger partial charge in [-0.3, -0.25) is 4.79 Å². The van der Waals surface area contributed by atoms with Gasteiger partial charge in [0.1, 0.15) is 17.7 Å². The maximum atomic E-state index is 15.0. The highest BCUT2D eigenvalue weighted by Crippen LogP contribution is 2.59. The van der Waals surface area contributed by atoms with Crippen LogP contribution in [0.15, 0.2) is 12.1 Å². The van der Waals surface area contributed by atoms with Crippen LogP contribution in [-0.2, 0) is 10.2 Å². The molecule has 32 heavy (non-hydrogen) atoms. The van der Waals surface area contributed by atoms with E-state index in [1.165, 1.54) is 16.4 Å². The molecule has 4 bridgehead atoms. The Morgan fingerprint density at radius 1 is 1.16 bits per heavy atom. The van der Waals surface area contributed by atoms with Crippen molar-refractivity contribution in [2.75, 3.05) is 13.1 Å². The lowest BCUT2D eigenvalue weighted by Crippen LogP contribution is -2.56. The van der Waals surface area contributed by atoms with E-state index in [1.54, 1.807) is 0 Å². The van der Waals surface area contributed by atoms with E-state index in [9.17, 15) is 13.2 Å². The predicted molar refractivity (Wildman–Crippen MR) is 118 cm³/mol. The van der Waals surface area contributed by atoms with Crippen molar-refractivity contribution < 1.29 is 22.3 Å². The molecule has 1 aliphatic heterocycles. The number of ether oxygens (including phenoxy) is 1. The second kappa shape index (κ2) is 7.31. The second-order valence-corrected chi connectivity index (χ2v) is 13.0. The third-order valence-corrected chi connectivity index (χ3v) is 10.1. The fraction of sp³-hybridized carbons (Fsp3) is 0.696. The quantitative estimate of drug-likeness (QED) is 0.623. The van der Waals surface area contributed by atoms with Crippen molar-refractivity contribution in [2.24, 2.45) is 17.8 Å². The summed E-state index contributed by atoms with van der Waals surface area (Å²) in [5.41, 5.74) is 0.570. The number of nitrogens with one attached hydrogen (secondary N) is 1. The number of halogens is 2. The van der Waals surface area contributed by atoms with E-state index in [4.69, 9.17) is 16.3 Å². The summed E-state index contributed by atoms with van der Waals surface area (Å²) in [7, 11) is -3.93. The first-order valence-corrected chi connectivity index (χ1v) is 13.5. The monoisotopic (exact) mass is 482 g/mol. The Balaban J connectivity index is 1.26. The van der Waals surface area contributed by atoms with Crippen LogP contribution in [0, 0.1) is 23.6 Å². The van der Waals surface area contributed by atoms with E-state index in [0.717, 1.165) is 56.9 Å². The molecular weight excluding hydrogens is 455 g/mol. The van der Waals surface area contributed by atoms with Gasteiger partial charge in [-0.25, -0.2) is 9.11 Å². The maximum Gasteiger partial charge on any atom is 0.304 e. The summed E-state index contributed by atoms with van der Waals surface area (Å²) in [6, 6.07) is 2.79. The number of nitrogens with zero attached hydrogens (tertiary/aromatic N) is 1. The zero-order valence-corrected chi connectivity index (χ0v) is 19.4. The molecule has 2 unspecified atom stereocenters. The molecule has 6 aliphatic rings. The first-order valence-electron chi connectivity index (χ1n) is 11.7. The summed E-state index contributed by atoms with van der Waals surface area (Å²) in [6.07, 6.45) is 7.93. The van der Waals surface area contributed by atoms with Gasteiger partial charge in [0.2, 0.25) is 0 Å². The van der Waals surface area contributed by atoms with Crippen LogP contribution in [0.2, 0.25) is 0 Å². The predicted octanol–water partition coefficient (Wildman–Crippen LogP) is 3.95. The summed E-state index contributed by atoms with van der Waals surface area (Å²) < 4.78 is 49.3. The Kier molecular flexibility index (Phi) is 4.84. The summed E-state index contributed by atoms with van der Waals surface area (Å²) in [5.74, 6) is 0.495. The van der Waals surface area contributed by atoms with Crippen molar-refractivity contribution in [1.82, 2.24) is 9.03 Å². The molecule has 6 fully saturated rings. The Morgan fingerprint density at radius 3 is 2.41 bits per heavy atom. The highest BCUT2D eigenvalue weighted by molar-refractivity contribution is 7.87. The second-order valence-electron chi connectivity index (χ2n) is 10.5. The average Bonchev–Trinajstić information content (AvgIpc) is 3.46. The molecule has 1 heterocycles. The fourth-order valence-corrected chi connectivity index (χ4v) is 8.37. The van der Waals surface area contributed by atoms with Crippen LogP contribution in [0.1, 0.15) is 73.2 Å². The average molecular weight is 483 g/mol. The van der Waals surface area contributed by atoms with Gasteiger partial charge in [0.15, 0.2) is 0 Å². The van der Waals surface area contributed by atoms with Gasteiger partial charge in [0.05, 0.1) is 5.56 Å². The van der Waals surface area contributed by atoms with Gasteiger partial charge in [-0.05, 0) is 86.7 Å². The molecule has 1 amide bonds. The van der Waals surface area contributed by atoms with E-state index >= 15 is 4.39 Å². The van der Waals surface area contributed by atoms with E-state index < -0.39 is 21.9 Å². The van der Waals surface area contributed by atoms with E-state index in [0.29, 0.717) is 36.6 Å². The number of carbonyl (C=O) groups is 1. The lowest BCUT2D eigenvalue weighted by atomic mass is 9.54. The maximum absolute atomic E-state index is 15.0. The number of rotatable bonds is 6. The van der Waals surface area contributed by atoms with E-state index in [-0.39, 0.29) is 22.5 Å². The topological polar surface area (TPSA) is 75.7 Å². The van der Waals surface area contributed by atoms with Crippen LogP contribution in [0.3, 0.4) is 0 Å². The SMILES string of the molecule is O=C(NS(=O)(=O)N1CCC1)c1cc(C2CC2)c(OC2C3CC4CC2CC(Cl)(C4)C3)cc1F.